The number of rotatable bonds is 8. The van der Waals surface area contributed by atoms with Crippen molar-refractivity contribution in [2.75, 3.05) is 13.1 Å². The number of nitrogens with one attached hydrogen (secondary N) is 2. The lowest BCUT2D eigenvalue weighted by Crippen LogP contribution is -2.43. The number of aromatic nitrogens is 3. The molecule has 7 heteroatoms. The molecule has 2 rings (SSSR count). The molecule has 0 aliphatic heterocycles. The Morgan fingerprint density at radius 3 is 2.83 bits per heavy atom. The number of hydrogen-bond donors (Lipinski definition) is 2. The standard InChI is InChI=1S/C16H30N6.HI/c1-3-5-10-17-16(20-14-8-6-7-9-14)18-11-12-22-13-19-21-15(22)4-2;/h13-14H,3-12H2,1-2H3,(H2,17,18,20);1H. The van der Waals surface area contributed by atoms with Gasteiger partial charge in [0, 0.05) is 32.1 Å². The summed E-state index contributed by atoms with van der Waals surface area (Å²) in [4.78, 5) is 4.69. The Morgan fingerprint density at radius 1 is 1.35 bits per heavy atom. The van der Waals surface area contributed by atoms with E-state index in [4.69, 9.17) is 4.99 Å². The number of nitrogens with zero attached hydrogens (tertiary/aromatic N) is 4. The van der Waals surface area contributed by atoms with Crippen LogP contribution in [0.15, 0.2) is 11.3 Å². The molecule has 0 spiro atoms. The van der Waals surface area contributed by atoms with Crippen molar-refractivity contribution in [1.82, 2.24) is 25.4 Å². The van der Waals surface area contributed by atoms with Crippen LogP contribution in [0, 0.1) is 0 Å². The first kappa shape index (κ1) is 20.2. The van der Waals surface area contributed by atoms with Crippen molar-refractivity contribution >= 4 is 29.9 Å². The van der Waals surface area contributed by atoms with Crippen LogP contribution in [0.3, 0.4) is 0 Å². The third-order valence-electron chi connectivity index (χ3n) is 4.13. The van der Waals surface area contributed by atoms with E-state index in [1.54, 1.807) is 6.33 Å². The molecule has 1 aliphatic rings. The van der Waals surface area contributed by atoms with Crippen LogP contribution >= 0.6 is 24.0 Å². The summed E-state index contributed by atoms with van der Waals surface area (Å²) in [7, 11) is 0. The van der Waals surface area contributed by atoms with Gasteiger partial charge in [-0.15, -0.1) is 34.2 Å². The van der Waals surface area contributed by atoms with Crippen LogP contribution in [0.4, 0.5) is 0 Å². The zero-order valence-corrected chi connectivity index (χ0v) is 16.8. The van der Waals surface area contributed by atoms with Crippen LogP contribution in [0.5, 0.6) is 0 Å². The van der Waals surface area contributed by atoms with Crippen LogP contribution in [-0.4, -0.2) is 39.9 Å². The highest BCUT2D eigenvalue weighted by Crippen LogP contribution is 2.17. The van der Waals surface area contributed by atoms with Crippen molar-refractivity contribution < 1.29 is 0 Å². The van der Waals surface area contributed by atoms with Crippen LogP contribution in [0.25, 0.3) is 0 Å². The van der Waals surface area contributed by atoms with Gasteiger partial charge in [0.15, 0.2) is 5.96 Å². The molecule has 1 aromatic heterocycles. The molecule has 1 saturated carbocycles. The van der Waals surface area contributed by atoms with Crippen molar-refractivity contribution in [3.63, 3.8) is 0 Å². The SMILES string of the molecule is CCCCN=C(NCCn1cnnc1CC)NC1CCCC1.I. The summed E-state index contributed by atoms with van der Waals surface area (Å²) in [6.45, 7) is 6.91. The highest BCUT2D eigenvalue weighted by molar-refractivity contribution is 14.0. The minimum absolute atomic E-state index is 0. The van der Waals surface area contributed by atoms with Gasteiger partial charge < -0.3 is 15.2 Å². The molecule has 132 valence electrons. The zero-order chi connectivity index (χ0) is 15.6. The smallest absolute Gasteiger partial charge is 0.191 e. The number of unbranched alkanes of at least 4 members (excludes halogenated alkanes) is 1. The second-order valence-electron chi connectivity index (χ2n) is 5.93. The summed E-state index contributed by atoms with van der Waals surface area (Å²) in [5.74, 6) is 2.00. The molecular formula is C16H31IN6. The van der Waals surface area contributed by atoms with Gasteiger partial charge in [-0.25, -0.2) is 0 Å². The van der Waals surface area contributed by atoms with E-state index in [1.165, 1.54) is 32.1 Å². The van der Waals surface area contributed by atoms with E-state index in [9.17, 15) is 0 Å². The molecule has 0 unspecified atom stereocenters. The van der Waals surface area contributed by atoms with Crippen molar-refractivity contribution in [2.45, 2.75) is 71.4 Å². The molecule has 0 aromatic carbocycles. The molecule has 0 bridgehead atoms. The van der Waals surface area contributed by atoms with Gasteiger partial charge in [-0.2, -0.15) is 0 Å². The normalized spacial score (nSPS) is 15.5. The molecule has 0 radical (unpaired) electrons. The van der Waals surface area contributed by atoms with E-state index in [0.29, 0.717) is 6.04 Å². The Hall–Kier alpha value is -0.860. The minimum atomic E-state index is 0. The highest BCUT2D eigenvalue weighted by Gasteiger charge is 2.15. The Labute approximate surface area is 157 Å². The first-order chi connectivity index (χ1) is 10.8. The average Bonchev–Trinajstić information content (AvgIpc) is 3.18. The quantitative estimate of drug-likeness (QED) is 0.286. The fourth-order valence-electron chi connectivity index (χ4n) is 2.80. The summed E-state index contributed by atoms with van der Waals surface area (Å²) in [6, 6.07) is 0.592. The van der Waals surface area contributed by atoms with Gasteiger partial charge >= 0.3 is 0 Å². The van der Waals surface area contributed by atoms with Crippen molar-refractivity contribution in [3.05, 3.63) is 12.2 Å². The minimum Gasteiger partial charge on any atom is -0.355 e. The molecule has 0 amide bonds. The van der Waals surface area contributed by atoms with Gasteiger partial charge in [0.25, 0.3) is 0 Å². The van der Waals surface area contributed by atoms with Gasteiger partial charge in [0.1, 0.15) is 12.2 Å². The molecule has 6 nitrogen and oxygen atoms in total. The number of hydrogen-bond acceptors (Lipinski definition) is 3. The number of aliphatic imine (C=N–C) groups is 1. The Bertz CT molecular complexity index is 453. The number of guanidine groups is 1. The van der Waals surface area contributed by atoms with Crippen molar-refractivity contribution in [1.29, 1.82) is 0 Å². The van der Waals surface area contributed by atoms with E-state index >= 15 is 0 Å². The molecule has 1 aliphatic carbocycles. The zero-order valence-electron chi connectivity index (χ0n) is 14.4. The molecule has 1 fully saturated rings. The molecule has 1 heterocycles. The van der Waals surface area contributed by atoms with Crippen LogP contribution < -0.4 is 10.6 Å². The lowest BCUT2D eigenvalue weighted by molar-refractivity contribution is 0.592. The van der Waals surface area contributed by atoms with E-state index < -0.39 is 0 Å². The molecule has 0 saturated heterocycles. The summed E-state index contributed by atoms with van der Waals surface area (Å²) < 4.78 is 2.10. The van der Waals surface area contributed by atoms with E-state index in [0.717, 1.165) is 44.3 Å². The van der Waals surface area contributed by atoms with E-state index in [-0.39, 0.29) is 24.0 Å². The molecule has 1 aromatic rings. The van der Waals surface area contributed by atoms with Crippen LogP contribution in [0.2, 0.25) is 0 Å². The average molecular weight is 434 g/mol. The van der Waals surface area contributed by atoms with Crippen LogP contribution in [0.1, 0.15) is 58.2 Å². The summed E-state index contributed by atoms with van der Waals surface area (Å²) >= 11 is 0. The fraction of sp³-hybridized carbons (Fsp3) is 0.812. The molecular weight excluding hydrogens is 403 g/mol. The van der Waals surface area contributed by atoms with Gasteiger partial charge in [-0.1, -0.05) is 33.1 Å². The number of halogens is 1. The maximum Gasteiger partial charge on any atom is 0.191 e. The molecule has 0 atom stereocenters. The van der Waals surface area contributed by atoms with Gasteiger partial charge in [-0.3, -0.25) is 4.99 Å². The van der Waals surface area contributed by atoms with Gasteiger partial charge in [0.05, 0.1) is 0 Å². The highest BCUT2D eigenvalue weighted by atomic mass is 127. The maximum atomic E-state index is 4.69. The predicted octanol–water partition coefficient (Wildman–Crippen LogP) is 2.74. The van der Waals surface area contributed by atoms with Crippen molar-refractivity contribution in [3.8, 4) is 0 Å². The second-order valence-corrected chi connectivity index (χ2v) is 5.93. The summed E-state index contributed by atoms with van der Waals surface area (Å²) in [5.41, 5.74) is 0. The summed E-state index contributed by atoms with van der Waals surface area (Å²) in [6.07, 6.45) is 10.2. The van der Waals surface area contributed by atoms with Crippen molar-refractivity contribution in [2.24, 2.45) is 4.99 Å². The largest absolute Gasteiger partial charge is 0.355 e. The first-order valence-electron chi connectivity index (χ1n) is 8.75. The predicted molar refractivity (Wildman–Crippen MR) is 105 cm³/mol. The second kappa shape index (κ2) is 11.6. The first-order valence-corrected chi connectivity index (χ1v) is 8.75. The van der Waals surface area contributed by atoms with Crippen LogP contribution in [-0.2, 0) is 13.0 Å². The number of aryl methyl sites for hydroxylation is 1. The lowest BCUT2D eigenvalue weighted by atomic mass is 10.2. The maximum absolute atomic E-state index is 4.69. The van der Waals surface area contributed by atoms with Gasteiger partial charge in [-0.05, 0) is 19.3 Å². The van der Waals surface area contributed by atoms with E-state index in [2.05, 4.69) is 39.2 Å². The third-order valence-corrected chi connectivity index (χ3v) is 4.13. The van der Waals surface area contributed by atoms with E-state index in [1.807, 2.05) is 0 Å². The summed E-state index contributed by atoms with van der Waals surface area (Å²) in [5, 5.41) is 15.1. The Morgan fingerprint density at radius 2 is 2.13 bits per heavy atom. The van der Waals surface area contributed by atoms with Gasteiger partial charge in [0.2, 0.25) is 0 Å². The lowest BCUT2D eigenvalue weighted by Gasteiger charge is -2.17. The third kappa shape index (κ3) is 7.05. The Kier molecular flexibility index (Phi) is 10.2. The topological polar surface area (TPSA) is 67.1 Å². The monoisotopic (exact) mass is 434 g/mol. The molecule has 23 heavy (non-hydrogen) atoms. The Balaban J connectivity index is 0.00000264. The fourth-order valence-corrected chi connectivity index (χ4v) is 2.80. The molecule has 2 N–H and O–H groups in total.